The van der Waals surface area contributed by atoms with E-state index in [2.05, 4.69) is 34.6 Å². The Kier molecular flexibility index (Phi) is 11.6. The Morgan fingerprint density at radius 2 is 1.91 bits per heavy atom. The van der Waals surface area contributed by atoms with E-state index in [0.717, 1.165) is 76.1 Å². The fourth-order valence-corrected chi connectivity index (χ4v) is 4.57. The Hall–Kier alpha value is -1.06. The Balaban J connectivity index is 0.00000363. The van der Waals surface area contributed by atoms with E-state index in [1.165, 1.54) is 5.56 Å². The van der Waals surface area contributed by atoms with Gasteiger partial charge in [0.25, 0.3) is 0 Å². The molecule has 2 aliphatic heterocycles. The van der Waals surface area contributed by atoms with E-state index in [1.807, 2.05) is 30.9 Å². The van der Waals surface area contributed by atoms with Gasteiger partial charge in [-0.1, -0.05) is 43.6 Å². The van der Waals surface area contributed by atoms with E-state index in [9.17, 15) is 4.79 Å². The van der Waals surface area contributed by atoms with Gasteiger partial charge in [0.15, 0.2) is 5.96 Å². The van der Waals surface area contributed by atoms with Crippen molar-refractivity contribution >= 4 is 47.4 Å². The standard InChI is InChI=1S/C24H38ClN5O.HI/c1-4-26-24(28-21-11-14-30(17-21)23(31)18(2)3)27-15-19-9-12-29(13-10-19)16-20-7-5-6-8-22(20)25;/h5-8,18-19,21H,4,9-17H2,1-3H3,(H2,26,27,28);1H. The first-order valence-electron chi connectivity index (χ1n) is 11.8. The fraction of sp³-hybridized carbons (Fsp3) is 0.667. The molecule has 0 aliphatic carbocycles. The van der Waals surface area contributed by atoms with Crippen molar-refractivity contribution in [2.24, 2.45) is 16.8 Å². The third-order valence-corrected chi connectivity index (χ3v) is 6.61. The highest BCUT2D eigenvalue weighted by atomic mass is 127. The SMILES string of the molecule is CCNC(=NCC1CCN(Cc2ccccc2Cl)CC1)NC1CCN(C(=O)C(C)C)C1.I. The van der Waals surface area contributed by atoms with Crippen molar-refractivity contribution in [2.45, 2.75) is 52.6 Å². The van der Waals surface area contributed by atoms with Crippen LogP contribution in [0, 0.1) is 11.8 Å². The Morgan fingerprint density at radius 3 is 2.56 bits per heavy atom. The number of benzene rings is 1. The molecule has 2 saturated heterocycles. The smallest absolute Gasteiger partial charge is 0.225 e. The Labute approximate surface area is 215 Å². The minimum absolute atomic E-state index is 0. The molecule has 0 radical (unpaired) electrons. The van der Waals surface area contributed by atoms with Crippen molar-refractivity contribution in [1.29, 1.82) is 0 Å². The molecular weight excluding hydrogens is 537 g/mol. The molecule has 0 bridgehead atoms. The van der Waals surface area contributed by atoms with Gasteiger partial charge in [0, 0.05) is 49.7 Å². The van der Waals surface area contributed by atoms with Gasteiger partial charge in [-0.15, -0.1) is 24.0 Å². The monoisotopic (exact) mass is 575 g/mol. The number of amides is 1. The third-order valence-electron chi connectivity index (χ3n) is 6.25. The lowest BCUT2D eigenvalue weighted by atomic mass is 9.96. The van der Waals surface area contributed by atoms with Gasteiger partial charge in [0.2, 0.25) is 5.91 Å². The van der Waals surface area contributed by atoms with Crippen LogP contribution in [0.4, 0.5) is 0 Å². The lowest BCUT2D eigenvalue weighted by Gasteiger charge is -2.31. The van der Waals surface area contributed by atoms with E-state index in [1.54, 1.807) is 0 Å². The molecule has 0 aromatic heterocycles. The lowest BCUT2D eigenvalue weighted by molar-refractivity contribution is -0.133. The molecule has 6 nitrogen and oxygen atoms in total. The Morgan fingerprint density at radius 1 is 1.19 bits per heavy atom. The zero-order valence-electron chi connectivity index (χ0n) is 19.6. The summed E-state index contributed by atoms with van der Waals surface area (Å²) in [5.41, 5.74) is 1.21. The van der Waals surface area contributed by atoms with Crippen LogP contribution in [0.15, 0.2) is 29.3 Å². The lowest BCUT2D eigenvalue weighted by Crippen LogP contribution is -2.45. The molecule has 2 heterocycles. The zero-order chi connectivity index (χ0) is 22.2. The molecule has 2 aliphatic rings. The van der Waals surface area contributed by atoms with Gasteiger partial charge >= 0.3 is 0 Å². The average molecular weight is 576 g/mol. The second-order valence-corrected chi connectivity index (χ2v) is 9.51. The van der Waals surface area contributed by atoms with Crippen LogP contribution in [-0.4, -0.2) is 67.0 Å². The van der Waals surface area contributed by atoms with Crippen LogP contribution in [0.5, 0.6) is 0 Å². The number of nitrogens with one attached hydrogen (secondary N) is 2. The highest BCUT2D eigenvalue weighted by Gasteiger charge is 2.28. The van der Waals surface area contributed by atoms with E-state index in [4.69, 9.17) is 16.6 Å². The van der Waals surface area contributed by atoms with Crippen molar-refractivity contribution in [3.8, 4) is 0 Å². The number of aliphatic imine (C=N–C) groups is 1. The maximum Gasteiger partial charge on any atom is 0.225 e. The molecule has 1 aromatic carbocycles. The van der Waals surface area contributed by atoms with Gasteiger partial charge in [0.05, 0.1) is 0 Å². The summed E-state index contributed by atoms with van der Waals surface area (Å²) in [6, 6.07) is 8.40. The highest BCUT2D eigenvalue weighted by molar-refractivity contribution is 14.0. The third kappa shape index (κ3) is 8.06. The molecule has 0 saturated carbocycles. The first kappa shape index (κ1) is 27.2. The zero-order valence-corrected chi connectivity index (χ0v) is 22.7. The number of nitrogens with zero attached hydrogens (tertiary/aromatic N) is 3. The molecule has 2 N–H and O–H groups in total. The summed E-state index contributed by atoms with van der Waals surface area (Å²) >= 11 is 6.32. The van der Waals surface area contributed by atoms with E-state index < -0.39 is 0 Å². The topological polar surface area (TPSA) is 60.0 Å². The average Bonchev–Trinajstić information content (AvgIpc) is 3.22. The van der Waals surface area contributed by atoms with Crippen molar-refractivity contribution in [3.05, 3.63) is 34.9 Å². The minimum Gasteiger partial charge on any atom is -0.357 e. The van der Waals surface area contributed by atoms with Crippen LogP contribution < -0.4 is 10.6 Å². The minimum atomic E-state index is 0. The van der Waals surface area contributed by atoms with Crippen molar-refractivity contribution < 1.29 is 4.79 Å². The molecule has 8 heteroatoms. The summed E-state index contributed by atoms with van der Waals surface area (Å²) in [7, 11) is 0. The van der Waals surface area contributed by atoms with Crippen LogP contribution in [0.25, 0.3) is 0 Å². The summed E-state index contributed by atoms with van der Waals surface area (Å²) in [4.78, 5) is 21.6. The number of piperidine rings is 1. The summed E-state index contributed by atoms with van der Waals surface area (Å²) in [5, 5.41) is 7.78. The maximum absolute atomic E-state index is 12.2. The van der Waals surface area contributed by atoms with Gasteiger partial charge in [-0.3, -0.25) is 14.7 Å². The van der Waals surface area contributed by atoms with Crippen LogP contribution in [0.2, 0.25) is 5.02 Å². The predicted molar refractivity (Wildman–Crippen MR) is 144 cm³/mol. The number of carbonyl (C=O) groups excluding carboxylic acids is 1. The number of likely N-dealkylation sites (tertiary alicyclic amines) is 2. The fourth-order valence-electron chi connectivity index (χ4n) is 4.37. The summed E-state index contributed by atoms with van der Waals surface area (Å²) in [5.74, 6) is 1.80. The van der Waals surface area contributed by atoms with Crippen LogP contribution in [0.3, 0.4) is 0 Å². The number of carbonyl (C=O) groups is 1. The number of hydrogen-bond acceptors (Lipinski definition) is 3. The summed E-state index contributed by atoms with van der Waals surface area (Å²) in [6.45, 7) is 12.4. The predicted octanol–water partition coefficient (Wildman–Crippen LogP) is 3.98. The normalized spacial score (nSPS) is 20.3. The van der Waals surface area contributed by atoms with Gasteiger partial charge in [-0.05, 0) is 56.8 Å². The number of guanidine groups is 1. The van der Waals surface area contributed by atoms with E-state index >= 15 is 0 Å². The molecular formula is C24H39ClIN5O. The van der Waals surface area contributed by atoms with Crippen molar-refractivity contribution in [3.63, 3.8) is 0 Å². The van der Waals surface area contributed by atoms with Gasteiger partial charge in [0.1, 0.15) is 0 Å². The number of halogens is 2. The Bertz CT molecular complexity index is 752. The molecule has 180 valence electrons. The van der Waals surface area contributed by atoms with Crippen LogP contribution in [0.1, 0.15) is 45.6 Å². The van der Waals surface area contributed by atoms with Gasteiger partial charge < -0.3 is 15.5 Å². The quantitative estimate of drug-likeness (QED) is 0.293. The molecule has 1 aromatic rings. The molecule has 1 atom stereocenters. The number of rotatable bonds is 7. The molecule has 32 heavy (non-hydrogen) atoms. The molecule has 1 unspecified atom stereocenters. The first-order chi connectivity index (χ1) is 15.0. The van der Waals surface area contributed by atoms with Crippen LogP contribution in [-0.2, 0) is 11.3 Å². The highest BCUT2D eigenvalue weighted by Crippen LogP contribution is 2.22. The summed E-state index contributed by atoms with van der Waals surface area (Å²) < 4.78 is 0. The van der Waals surface area contributed by atoms with Crippen LogP contribution >= 0.6 is 35.6 Å². The maximum atomic E-state index is 12.2. The second-order valence-electron chi connectivity index (χ2n) is 9.10. The van der Waals surface area contributed by atoms with E-state index in [-0.39, 0.29) is 41.8 Å². The second kappa shape index (κ2) is 13.6. The molecule has 0 spiro atoms. The van der Waals surface area contributed by atoms with Gasteiger partial charge in [-0.25, -0.2) is 0 Å². The van der Waals surface area contributed by atoms with Crippen molar-refractivity contribution in [2.75, 3.05) is 39.3 Å². The van der Waals surface area contributed by atoms with E-state index in [0.29, 0.717) is 5.92 Å². The van der Waals surface area contributed by atoms with Crippen molar-refractivity contribution in [1.82, 2.24) is 20.4 Å². The molecule has 3 rings (SSSR count). The number of hydrogen-bond donors (Lipinski definition) is 2. The summed E-state index contributed by atoms with van der Waals surface area (Å²) in [6.07, 6.45) is 3.30. The first-order valence-corrected chi connectivity index (χ1v) is 12.1. The molecule has 2 fully saturated rings. The van der Waals surface area contributed by atoms with Gasteiger partial charge in [-0.2, -0.15) is 0 Å². The molecule has 1 amide bonds. The largest absolute Gasteiger partial charge is 0.357 e.